The van der Waals surface area contributed by atoms with Crippen LogP contribution in [0.25, 0.3) is 0 Å². The molecule has 3 aromatic rings. The SMILES string of the molecule is Cc1cc(Pc2c(C)cccc2CN(C)Cc2ccccc2)c(O)c(C(C)(C)C)c1.[Cl][Ti][Cl]. The molecule has 6 heteroatoms. The zero-order valence-corrected chi connectivity index (χ0v) is 24.4. The Morgan fingerprint density at radius 2 is 1.58 bits per heavy atom. The van der Waals surface area contributed by atoms with Crippen LogP contribution in [-0.2, 0) is 35.5 Å². The quantitative estimate of drug-likeness (QED) is 0.272. The summed E-state index contributed by atoms with van der Waals surface area (Å²) in [5, 5.41) is 13.5. The van der Waals surface area contributed by atoms with Crippen LogP contribution in [0.15, 0.2) is 60.7 Å². The summed E-state index contributed by atoms with van der Waals surface area (Å²) in [6, 6.07) is 21.4. The molecule has 0 heterocycles. The van der Waals surface area contributed by atoms with Crippen LogP contribution in [0.2, 0.25) is 0 Å². The third kappa shape index (κ3) is 8.70. The van der Waals surface area contributed by atoms with Gasteiger partial charge in [-0.2, -0.15) is 0 Å². The number of hydrogen-bond acceptors (Lipinski definition) is 2. The van der Waals surface area contributed by atoms with Gasteiger partial charge in [0.1, 0.15) is 5.75 Å². The van der Waals surface area contributed by atoms with Crippen LogP contribution >= 0.6 is 27.2 Å². The third-order valence-corrected chi connectivity index (χ3v) is 7.03. The Kier molecular flexibility index (Phi) is 11.4. The summed E-state index contributed by atoms with van der Waals surface area (Å²) >= 11 is -0.556. The molecule has 1 N–H and O–H groups in total. The van der Waals surface area contributed by atoms with Crippen molar-refractivity contribution in [3.05, 3.63) is 88.5 Å². The Balaban J connectivity index is 0.00000122. The van der Waals surface area contributed by atoms with Crippen molar-refractivity contribution in [2.24, 2.45) is 0 Å². The molecule has 0 aliphatic rings. The van der Waals surface area contributed by atoms with Gasteiger partial charge in [0.2, 0.25) is 0 Å². The van der Waals surface area contributed by atoms with E-state index in [2.05, 4.69) is 107 Å². The van der Waals surface area contributed by atoms with E-state index in [1.807, 2.05) is 0 Å². The average Bonchev–Trinajstić information content (AvgIpc) is 2.73. The van der Waals surface area contributed by atoms with Crippen LogP contribution in [-0.4, -0.2) is 17.1 Å². The van der Waals surface area contributed by atoms with Crippen molar-refractivity contribution in [2.45, 2.75) is 53.1 Å². The summed E-state index contributed by atoms with van der Waals surface area (Å²) in [6.45, 7) is 12.6. The number of aromatic hydroxyl groups is 1. The van der Waals surface area contributed by atoms with Crippen LogP contribution < -0.4 is 10.6 Å². The first-order valence-corrected chi connectivity index (χ1v) is 16.2. The molecule has 0 spiro atoms. The Morgan fingerprint density at radius 3 is 2.18 bits per heavy atom. The zero-order valence-electron chi connectivity index (χ0n) is 20.3. The molecular weight excluding hydrogens is 504 g/mol. The summed E-state index contributed by atoms with van der Waals surface area (Å²) in [7, 11) is 12.4. The first-order valence-electron chi connectivity index (χ1n) is 10.9. The number of phenolic OH excluding ortho intramolecular Hbond substituents is 1. The van der Waals surface area contributed by atoms with Crippen LogP contribution in [0.4, 0.5) is 0 Å². The van der Waals surface area contributed by atoms with Gasteiger partial charge in [-0.3, -0.25) is 4.90 Å². The molecule has 2 nitrogen and oxygen atoms in total. The predicted octanol–water partition coefficient (Wildman–Crippen LogP) is 6.94. The van der Waals surface area contributed by atoms with E-state index in [1.54, 1.807) is 0 Å². The van der Waals surface area contributed by atoms with Gasteiger partial charge in [0.05, 0.1) is 0 Å². The van der Waals surface area contributed by atoms with Gasteiger partial charge in [-0.1, -0.05) is 83.9 Å². The second-order valence-electron chi connectivity index (χ2n) is 9.42. The van der Waals surface area contributed by atoms with Gasteiger partial charge < -0.3 is 5.11 Å². The maximum atomic E-state index is 11.1. The number of rotatable bonds is 6. The van der Waals surface area contributed by atoms with Gasteiger partial charge >= 0.3 is 35.6 Å². The Labute approximate surface area is 218 Å². The van der Waals surface area contributed by atoms with Crippen molar-refractivity contribution in [1.29, 1.82) is 0 Å². The fourth-order valence-corrected chi connectivity index (χ4v) is 5.29. The standard InChI is InChI=1S/C27H34NOP.2ClH.Ti/c1-19-15-23(27(3,4)5)25(29)24(16-19)30-26-20(2)11-10-14-22(26)18-28(6)17-21-12-8-7-9-13-21;;;/h7-16,29-30H,17-18H2,1-6H3;2*1H;/q;;;+2/p-2. The van der Waals surface area contributed by atoms with Crippen LogP contribution in [0.3, 0.4) is 0 Å². The molecule has 176 valence electrons. The number of phenols is 1. The molecule has 0 radical (unpaired) electrons. The van der Waals surface area contributed by atoms with E-state index in [1.165, 1.54) is 27.6 Å². The van der Waals surface area contributed by atoms with Crippen LogP contribution in [0.5, 0.6) is 5.75 Å². The summed E-state index contributed by atoms with van der Waals surface area (Å²) in [6.07, 6.45) is 0. The molecule has 0 saturated heterocycles. The molecule has 0 aliphatic carbocycles. The summed E-state index contributed by atoms with van der Waals surface area (Å²) in [5.41, 5.74) is 6.10. The fourth-order valence-electron chi connectivity index (χ4n) is 3.86. The molecule has 0 saturated carbocycles. The minimum absolute atomic E-state index is 0.0835. The molecule has 0 fully saturated rings. The van der Waals surface area contributed by atoms with E-state index in [0.717, 1.165) is 24.0 Å². The number of hydrogen-bond donors (Lipinski definition) is 1. The monoisotopic (exact) mass is 537 g/mol. The van der Waals surface area contributed by atoms with E-state index in [0.29, 0.717) is 14.3 Å². The second-order valence-corrected chi connectivity index (χ2v) is 13.3. The maximum absolute atomic E-state index is 11.1. The summed E-state index contributed by atoms with van der Waals surface area (Å²) < 4.78 is 0. The molecule has 1 unspecified atom stereocenters. The molecule has 33 heavy (non-hydrogen) atoms. The van der Waals surface area contributed by atoms with E-state index < -0.39 is 17.0 Å². The van der Waals surface area contributed by atoms with Gasteiger partial charge in [0.15, 0.2) is 0 Å². The molecule has 0 aromatic heterocycles. The van der Waals surface area contributed by atoms with E-state index >= 15 is 0 Å². The third-order valence-electron chi connectivity index (χ3n) is 5.42. The molecular formula is C27H34Cl2NOPTi. The van der Waals surface area contributed by atoms with E-state index in [4.69, 9.17) is 18.6 Å². The van der Waals surface area contributed by atoms with Gasteiger partial charge in [-0.05, 0) is 59.9 Å². The number of halogens is 2. The normalized spacial score (nSPS) is 11.5. The Morgan fingerprint density at radius 1 is 0.939 bits per heavy atom. The average molecular weight is 538 g/mol. The van der Waals surface area contributed by atoms with Gasteiger partial charge in [0.25, 0.3) is 0 Å². The van der Waals surface area contributed by atoms with Crippen molar-refractivity contribution in [2.75, 3.05) is 7.05 Å². The van der Waals surface area contributed by atoms with E-state index in [-0.39, 0.29) is 5.41 Å². The topological polar surface area (TPSA) is 23.5 Å². The molecule has 1 atom stereocenters. The second kappa shape index (κ2) is 13.3. The Bertz CT molecular complexity index is 1040. The molecule has 3 aromatic carbocycles. The number of benzene rings is 3. The molecule has 0 amide bonds. The van der Waals surface area contributed by atoms with Crippen molar-refractivity contribution < 1.29 is 22.1 Å². The van der Waals surface area contributed by atoms with Crippen molar-refractivity contribution in [3.63, 3.8) is 0 Å². The first-order chi connectivity index (χ1) is 15.6. The Hall–Kier alpha value is -0.856. The minimum atomic E-state index is -0.556. The number of aryl methyl sites for hydroxylation is 2. The van der Waals surface area contributed by atoms with Crippen LogP contribution in [0.1, 0.15) is 48.6 Å². The van der Waals surface area contributed by atoms with Crippen molar-refractivity contribution in [3.8, 4) is 5.75 Å². The summed E-state index contributed by atoms with van der Waals surface area (Å²) in [4.78, 5) is 2.36. The first kappa shape index (κ1) is 28.4. The van der Waals surface area contributed by atoms with Gasteiger partial charge in [-0.15, -0.1) is 0 Å². The zero-order chi connectivity index (χ0) is 24.6. The predicted molar refractivity (Wildman–Crippen MR) is 144 cm³/mol. The van der Waals surface area contributed by atoms with Gasteiger partial charge in [-0.25, -0.2) is 0 Å². The van der Waals surface area contributed by atoms with E-state index in [9.17, 15) is 5.11 Å². The fraction of sp³-hybridized carbons (Fsp3) is 0.333. The molecule has 0 aliphatic heterocycles. The van der Waals surface area contributed by atoms with Crippen LogP contribution in [0, 0.1) is 13.8 Å². The summed E-state index contributed by atoms with van der Waals surface area (Å²) in [5.74, 6) is 0.457. The molecule has 0 bridgehead atoms. The molecule has 3 rings (SSSR count). The van der Waals surface area contributed by atoms with Crippen molar-refractivity contribution >= 4 is 37.8 Å². The van der Waals surface area contributed by atoms with Crippen molar-refractivity contribution in [1.82, 2.24) is 4.90 Å². The number of nitrogens with zero attached hydrogens (tertiary/aromatic N) is 1. The van der Waals surface area contributed by atoms with Gasteiger partial charge in [0, 0.05) is 24.0 Å².